The van der Waals surface area contributed by atoms with Crippen molar-refractivity contribution in [3.8, 4) is 11.5 Å². The normalized spacial score (nSPS) is 15.3. The lowest BCUT2D eigenvalue weighted by Crippen LogP contribution is -2.38. The summed E-state index contributed by atoms with van der Waals surface area (Å²) in [4.78, 5) is 2.36. The lowest BCUT2D eigenvalue weighted by atomic mass is 10.3. The Morgan fingerprint density at radius 2 is 1.83 bits per heavy atom. The molecule has 1 aliphatic heterocycles. The number of benzene rings is 1. The third-order valence-electron chi connectivity index (χ3n) is 3.33. The predicted molar refractivity (Wildman–Crippen MR) is 93.0 cm³/mol. The Kier molecular flexibility index (Phi) is 10.0. The Hall–Kier alpha value is -1.01. The van der Waals surface area contributed by atoms with Crippen LogP contribution in [0.15, 0.2) is 24.3 Å². The fourth-order valence-electron chi connectivity index (χ4n) is 2.25. The highest BCUT2D eigenvalue weighted by molar-refractivity contribution is 5.85. The SMILES string of the molecule is CC(C)Oc1cccc(OCCOCCN2CCOCC2)c1.Cl. The van der Waals surface area contributed by atoms with Gasteiger partial charge in [-0.1, -0.05) is 6.07 Å². The van der Waals surface area contributed by atoms with Gasteiger partial charge in [0, 0.05) is 25.7 Å². The maximum atomic E-state index is 5.68. The van der Waals surface area contributed by atoms with E-state index in [1.54, 1.807) is 0 Å². The Morgan fingerprint density at radius 1 is 1.09 bits per heavy atom. The molecule has 2 rings (SSSR count). The van der Waals surface area contributed by atoms with E-state index < -0.39 is 0 Å². The van der Waals surface area contributed by atoms with Crippen LogP contribution in [0.25, 0.3) is 0 Å². The lowest BCUT2D eigenvalue weighted by molar-refractivity contribution is 0.0170. The van der Waals surface area contributed by atoms with Crippen LogP contribution >= 0.6 is 12.4 Å². The first-order valence-corrected chi connectivity index (χ1v) is 8.01. The second-order valence-electron chi connectivity index (χ2n) is 5.56. The molecule has 0 bridgehead atoms. The predicted octanol–water partition coefficient (Wildman–Crippen LogP) is 2.62. The third kappa shape index (κ3) is 8.42. The zero-order chi connectivity index (χ0) is 15.6. The summed E-state index contributed by atoms with van der Waals surface area (Å²) in [5, 5.41) is 0. The number of hydrogen-bond acceptors (Lipinski definition) is 5. The monoisotopic (exact) mass is 345 g/mol. The van der Waals surface area contributed by atoms with Gasteiger partial charge in [0.25, 0.3) is 0 Å². The summed E-state index contributed by atoms with van der Waals surface area (Å²) in [7, 11) is 0. The van der Waals surface area contributed by atoms with Gasteiger partial charge in [0.05, 0.1) is 32.5 Å². The summed E-state index contributed by atoms with van der Waals surface area (Å²) < 4.78 is 22.3. The minimum Gasteiger partial charge on any atom is -0.491 e. The van der Waals surface area contributed by atoms with Gasteiger partial charge in [-0.3, -0.25) is 4.90 Å². The van der Waals surface area contributed by atoms with Gasteiger partial charge in [-0.15, -0.1) is 12.4 Å². The van der Waals surface area contributed by atoms with Crippen molar-refractivity contribution in [2.45, 2.75) is 20.0 Å². The van der Waals surface area contributed by atoms with Gasteiger partial charge in [0.2, 0.25) is 0 Å². The Labute approximate surface area is 145 Å². The molecular weight excluding hydrogens is 318 g/mol. The molecule has 1 heterocycles. The zero-order valence-corrected chi connectivity index (χ0v) is 14.8. The molecule has 0 spiro atoms. The van der Waals surface area contributed by atoms with Crippen LogP contribution in [0.2, 0.25) is 0 Å². The molecule has 1 aromatic rings. The van der Waals surface area contributed by atoms with Crippen molar-refractivity contribution in [1.29, 1.82) is 0 Å². The van der Waals surface area contributed by atoms with E-state index in [1.807, 2.05) is 38.1 Å². The fraction of sp³-hybridized carbons (Fsp3) is 0.647. The number of hydrogen-bond donors (Lipinski definition) is 0. The molecule has 0 saturated carbocycles. The number of ether oxygens (including phenoxy) is 4. The largest absolute Gasteiger partial charge is 0.491 e. The van der Waals surface area contributed by atoms with Crippen LogP contribution in [0.4, 0.5) is 0 Å². The quantitative estimate of drug-likeness (QED) is 0.643. The van der Waals surface area contributed by atoms with Gasteiger partial charge in [0.1, 0.15) is 18.1 Å². The Bertz CT molecular complexity index is 425. The van der Waals surface area contributed by atoms with Crippen LogP contribution < -0.4 is 9.47 Å². The molecule has 1 saturated heterocycles. The van der Waals surface area contributed by atoms with Crippen molar-refractivity contribution < 1.29 is 18.9 Å². The van der Waals surface area contributed by atoms with Crippen LogP contribution in [0.3, 0.4) is 0 Å². The first-order chi connectivity index (χ1) is 10.7. The zero-order valence-electron chi connectivity index (χ0n) is 14.0. The summed E-state index contributed by atoms with van der Waals surface area (Å²) in [6.45, 7) is 10.5. The van der Waals surface area contributed by atoms with Crippen LogP contribution in [0.5, 0.6) is 11.5 Å². The lowest BCUT2D eigenvalue weighted by Gasteiger charge is -2.26. The van der Waals surface area contributed by atoms with E-state index in [4.69, 9.17) is 18.9 Å². The van der Waals surface area contributed by atoms with Crippen molar-refractivity contribution in [2.75, 3.05) is 52.7 Å². The van der Waals surface area contributed by atoms with E-state index in [1.165, 1.54) is 0 Å². The van der Waals surface area contributed by atoms with Crippen molar-refractivity contribution >= 4 is 12.4 Å². The second kappa shape index (κ2) is 11.5. The number of nitrogens with zero attached hydrogens (tertiary/aromatic N) is 1. The van der Waals surface area contributed by atoms with Gasteiger partial charge in [-0.05, 0) is 26.0 Å². The molecule has 0 unspecified atom stereocenters. The molecule has 1 aromatic carbocycles. The number of rotatable bonds is 9. The minimum atomic E-state index is 0. The third-order valence-corrected chi connectivity index (χ3v) is 3.33. The number of morpholine rings is 1. The van der Waals surface area contributed by atoms with Crippen LogP contribution in [0, 0.1) is 0 Å². The first kappa shape index (κ1) is 20.0. The number of halogens is 1. The van der Waals surface area contributed by atoms with Gasteiger partial charge < -0.3 is 18.9 Å². The van der Waals surface area contributed by atoms with Gasteiger partial charge in [-0.25, -0.2) is 0 Å². The van der Waals surface area contributed by atoms with E-state index in [0.717, 1.165) is 51.0 Å². The fourth-order valence-corrected chi connectivity index (χ4v) is 2.25. The van der Waals surface area contributed by atoms with Crippen molar-refractivity contribution in [3.05, 3.63) is 24.3 Å². The maximum absolute atomic E-state index is 5.68. The average molecular weight is 346 g/mol. The van der Waals surface area contributed by atoms with E-state index in [-0.39, 0.29) is 18.5 Å². The minimum absolute atomic E-state index is 0. The molecule has 0 aliphatic carbocycles. The van der Waals surface area contributed by atoms with E-state index in [9.17, 15) is 0 Å². The molecule has 6 heteroatoms. The molecule has 132 valence electrons. The summed E-state index contributed by atoms with van der Waals surface area (Å²) in [5.41, 5.74) is 0. The molecule has 0 amide bonds. The van der Waals surface area contributed by atoms with E-state index in [2.05, 4.69) is 4.90 Å². The van der Waals surface area contributed by atoms with Gasteiger partial charge in [0.15, 0.2) is 0 Å². The molecule has 0 radical (unpaired) electrons. The summed E-state index contributed by atoms with van der Waals surface area (Å²) in [5.74, 6) is 1.65. The van der Waals surface area contributed by atoms with E-state index in [0.29, 0.717) is 13.2 Å². The highest BCUT2D eigenvalue weighted by Crippen LogP contribution is 2.20. The Morgan fingerprint density at radius 3 is 2.57 bits per heavy atom. The van der Waals surface area contributed by atoms with Gasteiger partial charge >= 0.3 is 0 Å². The standard InChI is InChI=1S/C17H27NO4.ClH/c1-15(2)22-17-5-3-4-16(14-17)21-13-12-20-11-8-18-6-9-19-10-7-18;/h3-5,14-15H,6-13H2,1-2H3;1H. The smallest absolute Gasteiger partial charge is 0.123 e. The van der Waals surface area contributed by atoms with Crippen molar-refractivity contribution in [1.82, 2.24) is 4.90 Å². The summed E-state index contributed by atoms with van der Waals surface area (Å²) in [6, 6.07) is 7.71. The average Bonchev–Trinajstić information content (AvgIpc) is 2.51. The molecular formula is C17H28ClNO4. The second-order valence-corrected chi connectivity index (χ2v) is 5.56. The van der Waals surface area contributed by atoms with Crippen LogP contribution in [-0.2, 0) is 9.47 Å². The van der Waals surface area contributed by atoms with Crippen LogP contribution in [0.1, 0.15) is 13.8 Å². The topological polar surface area (TPSA) is 40.2 Å². The summed E-state index contributed by atoms with van der Waals surface area (Å²) >= 11 is 0. The highest BCUT2D eigenvalue weighted by atomic mass is 35.5. The van der Waals surface area contributed by atoms with Crippen molar-refractivity contribution in [3.63, 3.8) is 0 Å². The molecule has 0 N–H and O–H groups in total. The van der Waals surface area contributed by atoms with Crippen LogP contribution in [-0.4, -0.2) is 63.7 Å². The summed E-state index contributed by atoms with van der Waals surface area (Å²) in [6.07, 6.45) is 0.166. The molecule has 5 nitrogen and oxygen atoms in total. The molecule has 0 aromatic heterocycles. The van der Waals surface area contributed by atoms with E-state index >= 15 is 0 Å². The molecule has 1 fully saturated rings. The molecule has 0 atom stereocenters. The highest BCUT2D eigenvalue weighted by Gasteiger charge is 2.09. The van der Waals surface area contributed by atoms with Gasteiger partial charge in [-0.2, -0.15) is 0 Å². The molecule has 23 heavy (non-hydrogen) atoms. The maximum Gasteiger partial charge on any atom is 0.123 e. The first-order valence-electron chi connectivity index (χ1n) is 8.01. The molecule has 1 aliphatic rings. The van der Waals surface area contributed by atoms with Crippen molar-refractivity contribution in [2.24, 2.45) is 0 Å². The Balaban J connectivity index is 0.00000264.